The first-order valence-corrected chi connectivity index (χ1v) is 8.76. The van der Waals surface area contributed by atoms with E-state index >= 15 is 0 Å². The highest BCUT2D eigenvalue weighted by atomic mass is 127. The minimum absolute atomic E-state index is 0.578. The smallest absolute Gasteiger partial charge is 0.127 e. The number of rotatable bonds is 1. The first kappa shape index (κ1) is 11.5. The Bertz CT molecular complexity index is 450. The largest absolute Gasteiger partial charge is 0.493 e. The lowest BCUT2D eigenvalue weighted by Gasteiger charge is -2.20. The Morgan fingerprint density at radius 1 is 1.53 bits per heavy atom. The first-order valence-electron chi connectivity index (χ1n) is 4.25. The summed E-state index contributed by atoms with van der Waals surface area (Å²) in [4.78, 5) is 11.7. The highest BCUT2D eigenvalue weighted by Gasteiger charge is 2.18. The monoisotopic (exact) mass is 399 g/mol. The molecule has 1 aliphatic rings. The molecule has 0 fully saturated rings. The van der Waals surface area contributed by atoms with Gasteiger partial charge in [0.25, 0.3) is 0 Å². The van der Waals surface area contributed by atoms with Crippen molar-refractivity contribution >= 4 is 49.8 Å². The maximum Gasteiger partial charge on any atom is 0.127 e. The molecule has 1 heterocycles. The third kappa shape index (κ3) is 2.42. The molecule has 0 bridgehead atoms. The van der Waals surface area contributed by atoms with E-state index in [9.17, 15) is 4.91 Å². The van der Waals surface area contributed by atoms with Crippen LogP contribution in [0.15, 0.2) is 27.3 Å². The average Bonchev–Trinajstić information content (AvgIpc) is 2.27. The number of ether oxygens (including phenoxy) is 1. The molecule has 1 aliphatic heterocycles. The van der Waals surface area contributed by atoms with Crippen molar-refractivity contribution in [3.63, 3.8) is 0 Å². The molecule has 6 heteroatoms. The van der Waals surface area contributed by atoms with Crippen LogP contribution in [0.1, 0.15) is 12.0 Å². The third-order valence-electron chi connectivity index (χ3n) is 2.10. The van der Waals surface area contributed by atoms with Crippen LogP contribution in [0.4, 0.5) is 0 Å². The maximum absolute atomic E-state index is 10.6. The molecule has 0 aromatic heterocycles. The number of benzene rings is 1. The van der Waals surface area contributed by atoms with E-state index < -0.39 is 7.84 Å². The number of halogens is 2. The Balaban J connectivity index is 2.59. The van der Waals surface area contributed by atoms with E-state index in [4.69, 9.17) is 4.74 Å². The molecule has 3 nitrogen and oxygen atoms in total. The average molecular weight is 400 g/mol. The molecule has 1 unspecified atom stereocenters. The molecule has 80 valence electrons. The highest BCUT2D eigenvalue weighted by Crippen LogP contribution is 2.37. The lowest BCUT2D eigenvalue weighted by atomic mass is 10.1. The van der Waals surface area contributed by atoms with Crippen molar-refractivity contribution in [2.75, 3.05) is 6.61 Å². The van der Waals surface area contributed by atoms with Crippen molar-refractivity contribution in [2.24, 2.45) is 4.58 Å². The zero-order valence-electron chi connectivity index (χ0n) is 7.57. The van der Waals surface area contributed by atoms with Crippen molar-refractivity contribution in [1.29, 1.82) is 0 Å². The van der Waals surface area contributed by atoms with E-state index in [1.165, 1.54) is 0 Å². The minimum Gasteiger partial charge on any atom is -0.493 e. The zero-order valence-corrected chi connectivity index (χ0v) is 12.1. The molecule has 0 amide bonds. The molecule has 0 radical (unpaired) electrons. The third-order valence-corrected chi connectivity index (χ3v) is 5.63. The van der Waals surface area contributed by atoms with Gasteiger partial charge in [0, 0.05) is 55.0 Å². The lowest BCUT2D eigenvalue weighted by molar-refractivity contribution is 0.321. The summed E-state index contributed by atoms with van der Waals surface area (Å²) in [5.74, 6) is 0.845. The van der Waals surface area contributed by atoms with Crippen molar-refractivity contribution in [3.8, 4) is 5.75 Å². The van der Waals surface area contributed by atoms with Gasteiger partial charge in [-0.3, -0.25) is 0 Å². The number of nitroso groups, excluding NO2 is 1. The quantitative estimate of drug-likeness (QED) is 0.406. The van der Waals surface area contributed by atoms with Gasteiger partial charge in [-0.15, -0.1) is 4.91 Å². The van der Waals surface area contributed by atoms with Crippen LogP contribution >= 0.6 is 45.0 Å². The van der Waals surface area contributed by atoms with Gasteiger partial charge in [0.15, 0.2) is 0 Å². The van der Waals surface area contributed by atoms with E-state index in [1.807, 2.05) is 18.2 Å². The molecule has 0 spiro atoms. The second kappa shape index (κ2) is 4.92. The van der Waals surface area contributed by atoms with Crippen LogP contribution in [0.2, 0.25) is 0 Å². The molecule has 0 saturated heterocycles. The summed E-state index contributed by atoms with van der Waals surface area (Å²) < 4.78 is 9.61. The summed E-state index contributed by atoms with van der Waals surface area (Å²) in [5, 5.41) is 0. The van der Waals surface area contributed by atoms with Crippen LogP contribution in [0.5, 0.6) is 5.75 Å². The Hall–Kier alpha value is 0.0500. The molecule has 0 saturated carbocycles. The molecule has 0 N–H and O–H groups in total. The van der Waals surface area contributed by atoms with Crippen molar-refractivity contribution in [2.45, 2.75) is 6.42 Å². The predicted molar refractivity (Wildman–Crippen MR) is 75.8 cm³/mol. The van der Waals surface area contributed by atoms with Gasteiger partial charge in [-0.1, -0.05) is 15.9 Å². The normalized spacial score (nSPS) is 18.9. The van der Waals surface area contributed by atoms with Crippen LogP contribution in [-0.4, -0.2) is 11.5 Å². The van der Waals surface area contributed by atoms with Gasteiger partial charge in [0.05, 0.1) is 6.61 Å². The molecular weight excluding hydrogens is 393 g/mol. The van der Waals surface area contributed by atoms with Crippen LogP contribution < -0.4 is 4.74 Å². The van der Waals surface area contributed by atoms with Gasteiger partial charge in [0.1, 0.15) is 5.75 Å². The molecule has 0 aliphatic carbocycles. The van der Waals surface area contributed by atoms with Gasteiger partial charge >= 0.3 is 0 Å². The van der Waals surface area contributed by atoms with E-state index in [2.05, 4.69) is 41.7 Å². The summed E-state index contributed by atoms with van der Waals surface area (Å²) in [6.07, 6.45) is 0.779. The van der Waals surface area contributed by atoms with Gasteiger partial charge in [-0.2, -0.15) is 0 Å². The number of fused-ring (bicyclic) bond motifs is 1. The van der Waals surface area contributed by atoms with E-state index in [0.717, 1.165) is 27.1 Å². The summed E-state index contributed by atoms with van der Waals surface area (Å²) in [6, 6.07) is 5.83. The summed E-state index contributed by atoms with van der Waals surface area (Å²) in [6.45, 7) is 0.631. The minimum atomic E-state index is -0.578. The maximum atomic E-state index is 10.6. The zero-order chi connectivity index (χ0) is 10.8. The van der Waals surface area contributed by atoms with Gasteiger partial charge in [-0.05, 0) is 18.2 Å². The molecular formula is C9H7BrINO2S. The van der Waals surface area contributed by atoms with E-state index in [0.29, 0.717) is 6.61 Å². The standard InChI is InChI=1S/C9H7BrINO2S/c10-6-1-2-8-7(5-6)9(3-4-14-8)15(11)12-13/h1-2,5H,3-4H2. The molecule has 2 rings (SSSR count). The fourth-order valence-corrected chi connectivity index (χ4v) is 3.87. The fraction of sp³-hybridized carbons (Fsp3) is 0.222. The van der Waals surface area contributed by atoms with Crippen LogP contribution in [0, 0.1) is 4.91 Å². The number of hydrogen-bond acceptors (Lipinski definition) is 3. The Kier molecular flexibility index (Phi) is 3.78. The van der Waals surface area contributed by atoms with Crippen LogP contribution in [0.3, 0.4) is 0 Å². The molecule has 1 atom stereocenters. The Labute approximate surface area is 110 Å². The summed E-state index contributed by atoms with van der Waals surface area (Å²) in [5.41, 5.74) is 1.01. The Morgan fingerprint density at radius 2 is 2.33 bits per heavy atom. The highest BCUT2D eigenvalue weighted by molar-refractivity contribution is 14.2. The van der Waals surface area contributed by atoms with Gasteiger partial charge in [0.2, 0.25) is 0 Å². The lowest BCUT2D eigenvalue weighted by Crippen LogP contribution is -2.15. The van der Waals surface area contributed by atoms with E-state index in [1.54, 1.807) is 0 Å². The molecule has 15 heavy (non-hydrogen) atoms. The molecule has 1 aromatic rings. The number of hydrogen-bond donors (Lipinski definition) is 0. The SMILES string of the molecule is O=N/S(I)=C1\CCOc2ccc(Br)cc21. The first-order chi connectivity index (χ1) is 7.22. The molecule has 1 aromatic carbocycles. The predicted octanol–water partition coefficient (Wildman–Crippen LogP) is 4.05. The summed E-state index contributed by atoms with van der Waals surface area (Å²) in [7, 11) is -0.578. The topological polar surface area (TPSA) is 38.7 Å². The van der Waals surface area contributed by atoms with Crippen molar-refractivity contribution in [1.82, 2.24) is 0 Å². The second-order valence-corrected chi connectivity index (χ2v) is 7.51. The van der Waals surface area contributed by atoms with Crippen LogP contribution in [-0.2, 0) is 0 Å². The van der Waals surface area contributed by atoms with Gasteiger partial charge < -0.3 is 4.74 Å². The van der Waals surface area contributed by atoms with E-state index in [-0.39, 0.29) is 0 Å². The summed E-state index contributed by atoms with van der Waals surface area (Å²) >= 11 is 5.49. The van der Waals surface area contributed by atoms with Crippen molar-refractivity contribution < 1.29 is 4.74 Å². The fourth-order valence-electron chi connectivity index (χ4n) is 1.45. The van der Waals surface area contributed by atoms with Crippen LogP contribution in [0.25, 0.3) is 0 Å². The number of nitrogens with zero attached hydrogens (tertiary/aromatic N) is 1. The second-order valence-electron chi connectivity index (χ2n) is 2.97. The Morgan fingerprint density at radius 3 is 3.07 bits per heavy atom. The van der Waals surface area contributed by atoms with Gasteiger partial charge in [-0.25, -0.2) is 0 Å². The van der Waals surface area contributed by atoms with Crippen molar-refractivity contribution in [3.05, 3.63) is 33.1 Å².